The fourth-order valence-electron chi connectivity index (χ4n) is 4.27. The molecule has 0 radical (unpaired) electrons. The van der Waals surface area contributed by atoms with Gasteiger partial charge in [-0.05, 0) is 44.9 Å². The molecule has 0 atom stereocenters. The summed E-state index contributed by atoms with van der Waals surface area (Å²) in [5.74, 6) is 0.388. The first-order chi connectivity index (χ1) is 13.8. The molecule has 0 bridgehead atoms. The number of carbonyl (C=O) groups excluding carboxylic acids is 3. The molecular formula is C21H24N4O4. The molecule has 1 aromatic carbocycles. The van der Waals surface area contributed by atoms with E-state index in [-0.39, 0.29) is 11.8 Å². The lowest BCUT2D eigenvalue weighted by atomic mass is 9.87. The maximum atomic E-state index is 13.2. The molecule has 0 aliphatic carbocycles. The van der Waals surface area contributed by atoms with Gasteiger partial charge in [-0.15, -0.1) is 0 Å². The fraction of sp³-hybridized carbons (Fsp3) is 0.381. The zero-order valence-electron chi connectivity index (χ0n) is 16.7. The second-order valence-electron chi connectivity index (χ2n) is 7.60. The number of hydrogen-bond acceptors (Lipinski definition) is 4. The highest BCUT2D eigenvalue weighted by atomic mass is 16.5. The van der Waals surface area contributed by atoms with Crippen molar-refractivity contribution in [3.63, 3.8) is 0 Å². The van der Waals surface area contributed by atoms with Gasteiger partial charge in [-0.3, -0.25) is 14.9 Å². The summed E-state index contributed by atoms with van der Waals surface area (Å²) in [6.45, 7) is 4.72. The van der Waals surface area contributed by atoms with Crippen LogP contribution in [-0.4, -0.2) is 53.1 Å². The minimum Gasteiger partial charge on any atom is -0.497 e. The summed E-state index contributed by atoms with van der Waals surface area (Å²) in [6, 6.07) is 9.14. The summed E-state index contributed by atoms with van der Waals surface area (Å²) in [5.41, 5.74) is 2.50. The van der Waals surface area contributed by atoms with Crippen molar-refractivity contribution in [1.29, 1.82) is 0 Å². The van der Waals surface area contributed by atoms with Gasteiger partial charge in [-0.1, -0.05) is 6.07 Å². The van der Waals surface area contributed by atoms with Crippen molar-refractivity contribution in [2.45, 2.75) is 32.2 Å². The Balaban J connectivity index is 1.56. The van der Waals surface area contributed by atoms with E-state index in [2.05, 4.69) is 10.6 Å². The molecule has 0 unspecified atom stereocenters. The maximum Gasteiger partial charge on any atom is 0.322 e. The number of likely N-dealkylation sites (tertiary alicyclic amines) is 1. The van der Waals surface area contributed by atoms with Crippen LogP contribution < -0.4 is 15.4 Å². The highest BCUT2D eigenvalue weighted by Crippen LogP contribution is 2.29. The molecule has 8 nitrogen and oxygen atoms in total. The van der Waals surface area contributed by atoms with Crippen LogP contribution in [0, 0.1) is 13.8 Å². The Morgan fingerprint density at radius 2 is 1.86 bits per heavy atom. The molecule has 4 rings (SSSR count). The Labute approximate surface area is 168 Å². The first-order valence-electron chi connectivity index (χ1n) is 9.61. The number of piperidine rings is 1. The third kappa shape index (κ3) is 3.14. The Morgan fingerprint density at radius 3 is 2.48 bits per heavy atom. The lowest BCUT2D eigenvalue weighted by Crippen LogP contribution is -2.55. The molecule has 2 aliphatic rings. The Kier molecular flexibility index (Phi) is 4.56. The van der Waals surface area contributed by atoms with Crippen molar-refractivity contribution in [3.8, 4) is 11.4 Å². The first kappa shape index (κ1) is 19.0. The molecule has 2 saturated heterocycles. The van der Waals surface area contributed by atoms with Gasteiger partial charge in [-0.2, -0.15) is 0 Å². The number of rotatable bonds is 3. The molecular weight excluding hydrogens is 372 g/mol. The van der Waals surface area contributed by atoms with Crippen molar-refractivity contribution in [2.24, 2.45) is 0 Å². The third-order valence-electron chi connectivity index (χ3n) is 5.89. The zero-order valence-corrected chi connectivity index (χ0v) is 16.7. The second kappa shape index (κ2) is 6.95. The zero-order chi connectivity index (χ0) is 20.8. The number of hydrogen-bond donors (Lipinski definition) is 2. The van der Waals surface area contributed by atoms with Crippen molar-refractivity contribution in [2.75, 3.05) is 20.2 Å². The van der Waals surface area contributed by atoms with Crippen LogP contribution in [0.4, 0.5) is 4.79 Å². The molecule has 1 aromatic heterocycles. The van der Waals surface area contributed by atoms with Crippen LogP contribution in [0.15, 0.2) is 30.3 Å². The first-order valence-corrected chi connectivity index (χ1v) is 9.61. The number of amides is 4. The largest absolute Gasteiger partial charge is 0.497 e. The maximum absolute atomic E-state index is 13.2. The lowest BCUT2D eigenvalue weighted by Gasteiger charge is -2.37. The van der Waals surface area contributed by atoms with Gasteiger partial charge in [0, 0.05) is 36.2 Å². The van der Waals surface area contributed by atoms with E-state index in [1.165, 1.54) is 0 Å². The summed E-state index contributed by atoms with van der Waals surface area (Å²) in [7, 11) is 1.62. The Hall–Kier alpha value is -3.29. The molecule has 152 valence electrons. The van der Waals surface area contributed by atoms with E-state index >= 15 is 0 Å². The van der Waals surface area contributed by atoms with Crippen LogP contribution >= 0.6 is 0 Å². The molecule has 2 aliphatic heterocycles. The van der Waals surface area contributed by atoms with E-state index < -0.39 is 11.6 Å². The lowest BCUT2D eigenvalue weighted by molar-refractivity contribution is -0.125. The Morgan fingerprint density at radius 1 is 1.14 bits per heavy atom. The van der Waals surface area contributed by atoms with Crippen molar-refractivity contribution < 1.29 is 19.1 Å². The van der Waals surface area contributed by atoms with Gasteiger partial charge < -0.3 is 19.5 Å². The van der Waals surface area contributed by atoms with Gasteiger partial charge >= 0.3 is 6.03 Å². The molecule has 8 heteroatoms. The van der Waals surface area contributed by atoms with Crippen LogP contribution in [-0.2, 0) is 4.79 Å². The number of imide groups is 1. The van der Waals surface area contributed by atoms with Crippen molar-refractivity contribution in [3.05, 3.63) is 47.3 Å². The number of methoxy groups -OCH3 is 1. The van der Waals surface area contributed by atoms with Gasteiger partial charge in [0.2, 0.25) is 0 Å². The van der Waals surface area contributed by atoms with Gasteiger partial charge in [0.25, 0.3) is 11.8 Å². The molecule has 2 aromatic rings. The predicted octanol–water partition coefficient (Wildman–Crippen LogP) is 1.92. The monoisotopic (exact) mass is 396 g/mol. The molecule has 2 N–H and O–H groups in total. The molecule has 4 amide bonds. The van der Waals surface area contributed by atoms with Crippen LogP contribution in [0.2, 0.25) is 0 Å². The number of nitrogens with zero attached hydrogens (tertiary/aromatic N) is 2. The van der Waals surface area contributed by atoms with E-state index in [0.29, 0.717) is 31.5 Å². The van der Waals surface area contributed by atoms with Crippen LogP contribution in [0.25, 0.3) is 5.69 Å². The number of urea groups is 1. The average Bonchev–Trinajstić information content (AvgIpc) is 3.16. The summed E-state index contributed by atoms with van der Waals surface area (Å²) in [4.78, 5) is 38.5. The normalized spacial score (nSPS) is 18.0. The van der Waals surface area contributed by atoms with Crippen LogP contribution in [0.1, 0.15) is 34.6 Å². The molecule has 1 spiro atoms. The molecule has 2 fully saturated rings. The van der Waals surface area contributed by atoms with Gasteiger partial charge in [0.15, 0.2) is 0 Å². The number of aryl methyl sites for hydroxylation is 1. The van der Waals surface area contributed by atoms with Gasteiger partial charge in [-0.25, -0.2) is 4.79 Å². The summed E-state index contributed by atoms with van der Waals surface area (Å²) in [5, 5.41) is 5.02. The summed E-state index contributed by atoms with van der Waals surface area (Å²) >= 11 is 0. The molecule has 29 heavy (non-hydrogen) atoms. The smallest absolute Gasteiger partial charge is 0.322 e. The summed E-state index contributed by atoms with van der Waals surface area (Å²) in [6.07, 6.45) is 0.815. The SMILES string of the molecule is COc1cccc(-n2c(C)cc(C(=O)N3CCC4(CC3)NC(=O)NC4=O)c2C)c1. The van der Waals surface area contributed by atoms with Gasteiger partial charge in [0.05, 0.1) is 12.7 Å². The molecule has 0 saturated carbocycles. The van der Waals surface area contributed by atoms with Crippen LogP contribution in [0.3, 0.4) is 0 Å². The minimum atomic E-state index is -0.884. The number of nitrogens with one attached hydrogen (secondary N) is 2. The quantitative estimate of drug-likeness (QED) is 0.776. The highest BCUT2D eigenvalue weighted by Gasteiger charge is 2.48. The third-order valence-corrected chi connectivity index (χ3v) is 5.89. The highest BCUT2D eigenvalue weighted by molar-refractivity contribution is 6.07. The van der Waals surface area contributed by atoms with Crippen molar-refractivity contribution in [1.82, 2.24) is 20.1 Å². The number of carbonyl (C=O) groups is 3. The van der Waals surface area contributed by atoms with E-state index in [0.717, 1.165) is 22.8 Å². The van der Waals surface area contributed by atoms with E-state index in [1.807, 2.05) is 48.7 Å². The van der Waals surface area contributed by atoms with Gasteiger partial charge in [0.1, 0.15) is 11.3 Å². The average molecular weight is 396 g/mol. The van der Waals surface area contributed by atoms with E-state index in [4.69, 9.17) is 4.74 Å². The summed E-state index contributed by atoms with van der Waals surface area (Å²) < 4.78 is 7.35. The second-order valence-corrected chi connectivity index (χ2v) is 7.60. The van der Waals surface area contributed by atoms with Crippen LogP contribution in [0.5, 0.6) is 5.75 Å². The number of benzene rings is 1. The standard InChI is InChI=1S/C21H24N4O4/c1-13-11-17(14(2)25(13)15-5-4-6-16(12-15)29-3)18(26)24-9-7-21(8-10-24)19(27)22-20(28)23-21/h4-6,11-12H,7-10H2,1-3H3,(H2,22,23,27,28). The van der Waals surface area contributed by atoms with E-state index in [9.17, 15) is 14.4 Å². The number of ether oxygens (including phenoxy) is 1. The Bertz CT molecular complexity index is 1000. The van der Waals surface area contributed by atoms with E-state index in [1.54, 1.807) is 12.0 Å². The predicted molar refractivity (Wildman–Crippen MR) is 106 cm³/mol. The fourth-order valence-corrected chi connectivity index (χ4v) is 4.27. The topological polar surface area (TPSA) is 92.7 Å². The molecule has 3 heterocycles. The van der Waals surface area contributed by atoms with Crippen molar-refractivity contribution >= 4 is 17.8 Å². The number of aromatic nitrogens is 1. The minimum absolute atomic E-state index is 0.0631.